The first-order chi connectivity index (χ1) is 10.7. The van der Waals surface area contributed by atoms with Crippen LogP contribution in [-0.2, 0) is 11.2 Å². The van der Waals surface area contributed by atoms with Crippen LogP contribution < -0.4 is 14.4 Å². The summed E-state index contributed by atoms with van der Waals surface area (Å²) in [6, 6.07) is 15.6. The highest BCUT2D eigenvalue weighted by Crippen LogP contribution is 2.34. The molecule has 2 aromatic rings. The van der Waals surface area contributed by atoms with Crippen LogP contribution in [0.25, 0.3) is 0 Å². The molecule has 0 saturated heterocycles. The molecule has 1 amide bonds. The van der Waals surface area contributed by atoms with Crippen molar-refractivity contribution in [2.24, 2.45) is 0 Å². The summed E-state index contributed by atoms with van der Waals surface area (Å²) in [4.78, 5) is 13.9. The van der Waals surface area contributed by atoms with E-state index in [9.17, 15) is 4.79 Å². The van der Waals surface area contributed by atoms with Gasteiger partial charge in [-0.05, 0) is 36.2 Å². The maximum atomic E-state index is 12.1. The van der Waals surface area contributed by atoms with E-state index >= 15 is 0 Å². The molecule has 4 heteroatoms. The molecule has 0 saturated carbocycles. The number of ether oxygens (including phenoxy) is 2. The molecule has 1 aliphatic rings. The second-order valence-corrected chi connectivity index (χ2v) is 5.37. The number of para-hydroxylation sites is 2. The smallest absolute Gasteiger partial charge is 0.224 e. The molecule has 0 unspecified atom stereocenters. The fourth-order valence-corrected chi connectivity index (χ4v) is 2.85. The fraction of sp³-hybridized carbons (Fsp3) is 0.278. The molecule has 0 aliphatic carbocycles. The number of amides is 1. The number of hydrogen-bond donors (Lipinski definition) is 0. The first-order valence-electron chi connectivity index (χ1n) is 7.33. The van der Waals surface area contributed by atoms with E-state index in [2.05, 4.69) is 0 Å². The minimum absolute atomic E-state index is 0.000736. The molecule has 1 heterocycles. The molecule has 22 heavy (non-hydrogen) atoms. The van der Waals surface area contributed by atoms with Crippen LogP contribution in [-0.4, -0.2) is 25.7 Å². The fourth-order valence-electron chi connectivity index (χ4n) is 2.85. The topological polar surface area (TPSA) is 38.8 Å². The third kappa shape index (κ3) is 2.77. The van der Waals surface area contributed by atoms with Crippen LogP contribution in [0.5, 0.6) is 11.5 Å². The molecule has 0 fully saturated rings. The summed E-state index contributed by atoms with van der Waals surface area (Å²) in [7, 11) is 1.65. The standard InChI is InChI=1S/C18H19NO3/c1-13(20)19-15(11-14-7-9-16(21-2)10-8-14)12-22-18-6-4-3-5-17(18)19/h3-10,15H,11-12H2,1-2H3/t15-/m0/s1. The Balaban J connectivity index is 1.85. The predicted octanol–water partition coefficient (Wildman–Crippen LogP) is 3.05. The van der Waals surface area contributed by atoms with Crippen molar-refractivity contribution in [3.8, 4) is 11.5 Å². The van der Waals surface area contributed by atoms with Crippen molar-refractivity contribution in [1.82, 2.24) is 0 Å². The van der Waals surface area contributed by atoms with Crippen molar-refractivity contribution in [2.75, 3.05) is 18.6 Å². The molecule has 0 radical (unpaired) electrons. The number of anilines is 1. The van der Waals surface area contributed by atoms with Gasteiger partial charge in [-0.15, -0.1) is 0 Å². The van der Waals surface area contributed by atoms with Gasteiger partial charge in [0.1, 0.15) is 18.1 Å². The minimum Gasteiger partial charge on any atom is -0.497 e. The highest BCUT2D eigenvalue weighted by molar-refractivity contribution is 5.94. The number of nitrogens with zero attached hydrogens (tertiary/aromatic N) is 1. The largest absolute Gasteiger partial charge is 0.497 e. The number of carbonyl (C=O) groups is 1. The molecule has 2 aromatic carbocycles. The summed E-state index contributed by atoms with van der Waals surface area (Å²) >= 11 is 0. The second kappa shape index (κ2) is 6.10. The third-order valence-corrected chi connectivity index (χ3v) is 3.89. The van der Waals surface area contributed by atoms with Crippen LogP contribution in [0.15, 0.2) is 48.5 Å². The number of methoxy groups -OCH3 is 1. The molecule has 0 spiro atoms. The summed E-state index contributed by atoms with van der Waals surface area (Å²) in [5.41, 5.74) is 2.00. The SMILES string of the molecule is COc1ccc(C[C@H]2COc3ccccc3N2C(C)=O)cc1. The number of rotatable bonds is 3. The van der Waals surface area contributed by atoms with Crippen LogP contribution in [0.4, 0.5) is 5.69 Å². The third-order valence-electron chi connectivity index (χ3n) is 3.89. The Morgan fingerprint density at radius 1 is 1.23 bits per heavy atom. The molecule has 0 bridgehead atoms. The lowest BCUT2D eigenvalue weighted by Crippen LogP contribution is -2.47. The number of fused-ring (bicyclic) bond motifs is 1. The minimum atomic E-state index is 0.000736. The van der Waals surface area contributed by atoms with E-state index in [1.807, 2.05) is 53.4 Å². The normalized spacial score (nSPS) is 16.6. The van der Waals surface area contributed by atoms with Gasteiger partial charge in [0.25, 0.3) is 0 Å². The van der Waals surface area contributed by atoms with Gasteiger partial charge >= 0.3 is 0 Å². The molecule has 114 valence electrons. The summed E-state index contributed by atoms with van der Waals surface area (Å²) in [5.74, 6) is 1.63. The van der Waals surface area contributed by atoms with Crippen molar-refractivity contribution in [1.29, 1.82) is 0 Å². The first-order valence-corrected chi connectivity index (χ1v) is 7.33. The molecule has 4 nitrogen and oxygen atoms in total. The molecule has 0 aromatic heterocycles. The maximum absolute atomic E-state index is 12.1. The van der Waals surface area contributed by atoms with Crippen LogP contribution in [0.1, 0.15) is 12.5 Å². The molecular formula is C18H19NO3. The van der Waals surface area contributed by atoms with Gasteiger partial charge in [0.05, 0.1) is 18.8 Å². The number of hydrogen-bond acceptors (Lipinski definition) is 3. The van der Waals surface area contributed by atoms with Crippen LogP contribution >= 0.6 is 0 Å². The van der Waals surface area contributed by atoms with E-state index < -0.39 is 0 Å². The van der Waals surface area contributed by atoms with Crippen molar-refractivity contribution >= 4 is 11.6 Å². The van der Waals surface area contributed by atoms with E-state index in [0.717, 1.165) is 29.2 Å². The van der Waals surface area contributed by atoms with Crippen LogP contribution in [0, 0.1) is 0 Å². The van der Waals surface area contributed by atoms with Crippen molar-refractivity contribution < 1.29 is 14.3 Å². The monoisotopic (exact) mass is 297 g/mol. The zero-order valence-electron chi connectivity index (χ0n) is 12.8. The van der Waals surface area contributed by atoms with Crippen molar-refractivity contribution in [2.45, 2.75) is 19.4 Å². The summed E-state index contributed by atoms with van der Waals surface area (Å²) in [6.07, 6.45) is 0.748. The zero-order valence-corrected chi connectivity index (χ0v) is 12.8. The molecule has 1 aliphatic heterocycles. The lowest BCUT2D eigenvalue weighted by Gasteiger charge is -2.36. The van der Waals surface area contributed by atoms with E-state index in [1.165, 1.54) is 0 Å². The number of benzene rings is 2. The van der Waals surface area contributed by atoms with E-state index in [1.54, 1.807) is 14.0 Å². The molecule has 0 N–H and O–H groups in total. The lowest BCUT2D eigenvalue weighted by molar-refractivity contribution is -0.117. The zero-order chi connectivity index (χ0) is 15.5. The highest BCUT2D eigenvalue weighted by Gasteiger charge is 2.30. The number of carbonyl (C=O) groups excluding carboxylic acids is 1. The molecule has 1 atom stereocenters. The lowest BCUT2D eigenvalue weighted by atomic mass is 10.0. The maximum Gasteiger partial charge on any atom is 0.224 e. The van der Waals surface area contributed by atoms with Gasteiger partial charge in [-0.3, -0.25) is 4.79 Å². The van der Waals surface area contributed by atoms with Crippen molar-refractivity contribution in [3.05, 3.63) is 54.1 Å². The average molecular weight is 297 g/mol. The Labute approximate surface area is 130 Å². The quantitative estimate of drug-likeness (QED) is 0.874. The van der Waals surface area contributed by atoms with Crippen molar-refractivity contribution in [3.63, 3.8) is 0 Å². The van der Waals surface area contributed by atoms with Crippen LogP contribution in [0.2, 0.25) is 0 Å². The summed E-state index contributed by atoms with van der Waals surface area (Å²) < 4.78 is 11.0. The second-order valence-electron chi connectivity index (χ2n) is 5.37. The van der Waals surface area contributed by atoms with E-state index in [4.69, 9.17) is 9.47 Å². The Morgan fingerprint density at radius 3 is 2.64 bits per heavy atom. The Bertz CT molecular complexity index is 666. The predicted molar refractivity (Wildman–Crippen MR) is 85.6 cm³/mol. The average Bonchev–Trinajstić information content (AvgIpc) is 2.55. The summed E-state index contributed by atoms with van der Waals surface area (Å²) in [5, 5.41) is 0. The Hall–Kier alpha value is -2.49. The Morgan fingerprint density at radius 2 is 1.95 bits per heavy atom. The summed E-state index contributed by atoms with van der Waals surface area (Å²) in [6.45, 7) is 2.10. The Kier molecular flexibility index (Phi) is 4.00. The van der Waals surface area contributed by atoms with E-state index in [-0.39, 0.29) is 11.9 Å². The van der Waals surface area contributed by atoms with Gasteiger partial charge in [-0.1, -0.05) is 24.3 Å². The molecular weight excluding hydrogens is 278 g/mol. The van der Waals surface area contributed by atoms with Gasteiger partial charge in [0.2, 0.25) is 5.91 Å². The van der Waals surface area contributed by atoms with Gasteiger partial charge in [0, 0.05) is 6.92 Å². The van der Waals surface area contributed by atoms with E-state index in [0.29, 0.717) is 6.61 Å². The van der Waals surface area contributed by atoms with Gasteiger partial charge < -0.3 is 14.4 Å². The first kappa shape index (κ1) is 14.4. The van der Waals surface area contributed by atoms with Gasteiger partial charge in [0.15, 0.2) is 0 Å². The van der Waals surface area contributed by atoms with Gasteiger partial charge in [-0.2, -0.15) is 0 Å². The molecule has 3 rings (SSSR count). The van der Waals surface area contributed by atoms with Crippen LogP contribution in [0.3, 0.4) is 0 Å². The highest BCUT2D eigenvalue weighted by atomic mass is 16.5. The van der Waals surface area contributed by atoms with Gasteiger partial charge in [-0.25, -0.2) is 0 Å².